The number of aryl methyl sites for hydroxylation is 3. The van der Waals surface area contributed by atoms with Gasteiger partial charge in [0.2, 0.25) is 0 Å². The molecule has 3 aromatic rings. The highest BCUT2D eigenvalue weighted by atomic mass is 15.1. The fourth-order valence-corrected chi connectivity index (χ4v) is 3.33. The Balaban J connectivity index is 1.61. The average molecular weight is 307 g/mol. The lowest BCUT2D eigenvalue weighted by Gasteiger charge is -2.18. The van der Waals surface area contributed by atoms with Crippen molar-refractivity contribution >= 4 is 11.5 Å². The summed E-state index contributed by atoms with van der Waals surface area (Å²) in [5.41, 5.74) is 5.75. The SMILES string of the molecule is Cc1nc2c(c(NCc3cn4cccc(C)c4n3)n1)CCCC2. The summed E-state index contributed by atoms with van der Waals surface area (Å²) < 4.78 is 2.08. The van der Waals surface area contributed by atoms with Crippen LogP contribution >= 0.6 is 0 Å². The van der Waals surface area contributed by atoms with Gasteiger partial charge in [-0.25, -0.2) is 15.0 Å². The summed E-state index contributed by atoms with van der Waals surface area (Å²) in [6, 6.07) is 4.13. The Hall–Kier alpha value is -2.43. The third kappa shape index (κ3) is 2.67. The minimum Gasteiger partial charge on any atom is -0.364 e. The summed E-state index contributed by atoms with van der Waals surface area (Å²) in [4.78, 5) is 13.9. The molecule has 1 N–H and O–H groups in total. The first-order chi connectivity index (χ1) is 11.2. The fourth-order valence-electron chi connectivity index (χ4n) is 3.33. The molecule has 0 unspecified atom stereocenters. The van der Waals surface area contributed by atoms with E-state index in [0.717, 1.165) is 35.8 Å². The second-order valence-electron chi connectivity index (χ2n) is 6.26. The van der Waals surface area contributed by atoms with Crippen molar-refractivity contribution in [1.82, 2.24) is 19.4 Å². The summed E-state index contributed by atoms with van der Waals surface area (Å²) in [7, 11) is 0. The van der Waals surface area contributed by atoms with E-state index in [-0.39, 0.29) is 0 Å². The number of aromatic nitrogens is 4. The molecule has 118 valence electrons. The molecule has 5 heteroatoms. The molecule has 1 aliphatic rings. The van der Waals surface area contributed by atoms with E-state index < -0.39 is 0 Å². The number of nitrogens with zero attached hydrogens (tertiary/aromatic N) is 4. The highest BCUT2D eigenvalue weighted by Crippen LogP contribution is 2.25. The van der Waals surface area contributed by atoms with E-state index in [2.05, 4.69) is 38.9 Å². The largest absolute Gasteiger partial charge is 0.364 e. The second kappa shape index (κ2) is 5.65. The Morgan fingerprint density at radius 1 is 1.13 bits per heavy atom. The minimum atomic E-state index is 0.685. The van der Waals surface area contributed by atoms with E-state index in [9.17, 15) is 0 Å². The first-order valence-electron chi connectivity index (χ1n) is 8.24. The predicted molar refractivity (Wildman–Crippen MR) is 90.7 cm³/mol. The summed E-state index contributed by atoms with van der Waals surface area (Å²) in [6.45, 7) is 4.74. The van der Waals surface area contributed by atoms with Crippen LogP contribution in [0.25, 0.3) is 5.65 Å². The van der Waals surface area contributed by atoms with Crippen molar-refractivity contribution < 1.29 is 0 Å². The van der Waals surface area contributed by atoms with E-state index in [1.165, 1.54) is 29.7 Å². The third-order valence-corrected chi connectivity index (χ3v) is 4.46. The van der Waals surface area contributed by atoms with Gasteiger partial charge in [0.25, 0.3) is 0 Å². The number of pyridine rings is 1. The summed E-state index contributed by atoms with van der Waals surface area (Å²) in [5.74, 6) is 1.83. The zero-order valence-electron chi connectivity index (χ0n) is 13.6. The molecule has 0 fully saturated rings. The van der Waals surface area contributed by atoms with Crippen LogP contribution in [0.2, 0.25) is 0 Å². The van der Waals surface area contributed by atoms with Gasteiger partial charge in [-0.3, -0.25) is 0 Å². The van der Waals surface area contributed by atoms with Crippen molar-refractivity contribution in [2.45, 2.75) is 46.1 Å². The molecule has 0 saturated heterocycles. The summed E-state index contributed by atoms with van der Waals surface area (Å²) in [5, 5.41) is 3.48. The monoisotopic (exact) mass is 307 g/mol. The van der Waals surface area contributed by atoms with Gasteiger partial charge in [0.1, 0.15) is 17.3 Å². The van der Waals surface area contributed by atoms with Crippen LogP contribution in [0, 0.1) is 13.8 Å². The van der Waals surface area contributed by atoms with E-state index in [0.29, 0.717) is 6.54 Å². The average Bonchev–Trinajstić information content (AvgIpc) is 2.97. The van der Waals surface area contributed by atoms with Crippen LogP contribution in [0.15, 0.2) is 24.5 Å². The Morgan fingerprint density at radius 3 is 2.87 bits per heavy atom. The van der Waals surface area contributed by atoms with Gasteiger partial charge in [0.15, 0.2) is 0 Å². The van der Waals surface area contributed by atoms with Gasteiger partial charge >= 0.3 is 0 Å². The minimum absolute atomic E-state index is 0.685. The summed E-state index contributed by atoms with van der Waals surface area (Å²) >= 11 is 0. The highest BCUT2D eigenvalue weighted by Gasteiger charge is 2.17. The molecule has 0 spiro atoms. The molecule has 3 heterocycles. The second-order valence-corrected chi connectivity index (χ2v) is 6.26. The molecular formula is C18H21N5. The quantitative estimate of drug-likeness (QED) is 0.807. The molecule has 0 saturated carbocycles. The highest BCUT2D eigenvalue weighted by molar-refractivity contribution is 5.50. The molecule has 5 nitrogen and oxygen atoms in total. The molecule has 0 aromatic carbocycles. The van der Waals surface area contributed by atoms with Crippen molar-refractivity contribution in [3.8, 4) is 0 Å². The standard InChI is InChI=1S/C18H21N5/c1-12-6-5-9-23-11-14(22-18(12)23)10-19-17-15-7-3-4-8-16(15)20-13(2)21-17/h5-6,9,11H,3-4,7-8,10H2,1-2H3,(H,19,20,21). The third-order valence-electron chi connectivity index (χ3n) is 4.46. The van der Waals surface area contributed by atoms with E-state index in [1.807, 2.05) is 19.2 Å². The zero-order chi connectivity index (χ0) is 15.8. The zero-order valence-corrected chi connectivity index (χ0v) is 13.6. The normalized spacial score (nSPS) is 14.0. The van der Waals surface area contributed by atoms with E-state index in [4.69, 9.17) is 4.98 Å². The maximum absolute atomic E-state index is 4.72. The van der Waals surface area contributed by atoms with Crippen LogP contribution < -0.4 is 5.32 Å². The smallest absolute Gasteiger partial charge is 0.140 e. The number of hydrogen-bond donors (Lipinski definition) is 1. The molecule has 0 aliphatic heterocycles. The Bertz CT molecular complexity index is 865. The number of nitrogens with one attached hydrogen (secondary N) is 1. The Morgan fingerprint density at radius 2 is 2.00 bits per heavy atom. The number of rotatable bonds is 3. The lowest BCUT2D eigenvalue weighted by atomic mass is 9.96. The van der Waals surface area contributed by atoms with Crippen LogP contribution in [0.5, 0.6) is 0 Å². The number of anilines is 1. The van der Waals surface area contributed by atoms with Crippen LogP contribution in [-0.2, 0) is 19.4 Å². The number of fused-ring (bicyclic) bond motifs is 2. The van der Waals surface area contributed by atoms with Crippen molar-refractivity contribution in [2.75, 3.05) is 5.32 Å². The van der Waals surface area contributed by atoms with Gasteiger partial charge in [-0.1, -0.05) is 6.07 Å². The van der Waals surface area contributed by atoms with Crippen LogP contribution in [0.3, 0.4) is 0 Å². The van der Waals surface area contributed by atoms with E-state index in [1.54, 1.807) is 0 Å². The van der Waals surface area contributed by atoms with Crippen molar-refractivity contribution in [2.24, 2.45) is 0 Å². The number of hydrogen-bond acceptors (Lipinski definition) is 4. The van der Waals surface area contributed by atoms with Crippen LogP contribution in [-0.4, -0.2) is 19.4 Å². The molecule has 0 radical (unpaired) electrons. The molecule has 23 heavy (non-hydrogen) atoms. The maximum Gasteiger partial charge on any atom is 0.140 e. The molecule has 3 aromatic heterocycles. The van der Waals surface area contributed by atoms with Gasteiger partial charge in [-0.15, -0.1) is 0 Å². The Labute approximate surface area is 135 Å². The first-order valence-corrected chi connectivity index (χ1v) is 8.24. The molecule has 1 aliphatic carbocycles. The molecule has 0 atom stereocenters. The predicted octanol–water partition coefficient (Wildman–Crippen LogP) is 3.23. The van der Waals surface area contributed by atoms with Crippen molar-refractivity contribution in [3.63, 3.8) is 0 Å². The molecule has 4 rings (SSSR count). The molecule has 0 bridgehead atoms. The summed E-state index contributed by atoms with van der Waals surface area (Å²) in [6.07, 6.45) is 8.71. The first kappa shape index (κ1) is 14.2. The molecule has 0 amide bonds. The maximum atomic E-state index is 4.72. The number of imidazole rings is 1. The lowest BCUT2D eigenvalue weighted by Crippen LogP contribution is -2.13. The van der Waals surface area contributed by atoms with Crippen LogP contribution in [0.1, 0.15) is 41.2 Å². The fraction of sp³-hybridized carbons (Fsp3) is 0.389. The lowest BCUT2D eigenvalue weighted by molar-refractivity contribution is 0.659. The topological polar surface area (TPSA) is 55.1 Å². The van der Waals surface area contributed by atoms with Gasteiger partial charge in [-0.2, -0.15) is 0 Å². The van der Waals surface area contributed by atoms with Gasteiger partial charge in [0, 0.05) is 23.7 Å². The Kier molecular flexibility index (Phi) is 3.48. The molecular weight excluding hydrogens is 286 g/mol. The van der Waals surface area contributed by atoms with E-state index >= 15 is 0 Å². The van der Waals surface area contributed by atoms with Gasteiger partial charge < -0.3 is 9.72 Å². The van der Waals surface area contributed by atoms with Crippen molar-refractivity contribution in [1.29, 1.82) is 0 Å². The van der Waals surface area contributed by atoms with Crippen LogP contribution in [0.4, 0.5) is 5.82 Å². The van der Waals surface area contributed by atoms with Gasteiger partial charge in [0.05, 0.1) is 12.2 Å². The van der Waals surface area contributed by atoms with Gasteiger partial charge in [-0.05, 0) is 51.2 Å². The van der Waals surface area contributed by atoms with Crippen molar-refractivity contribution in [3.05, 3.63) is 52.9 Å².